The zero-order valence-electron chi connectivity index (χ0n) is 19.5. The minimum absolute atomic E-state index is 0.187. The molecule has 0 amide bonds. The number of hydrogen-bond acceptors (Lipinski definition) is 8. The highest BCUT2D eigenvalue weighted by Gasteiger charge is 2.32. The molecule has 182 valence electrons. The molecule has 1 atom stereocenters. The van der Waals surface area contributed by atoms with E-state index >= 15 is 0 Å². The minimum atomic E-state index is -3.73. The monoisotopic (exact) mass is 494 g/mol. The molecule has 10 nitrogen and oxygen atoms in total. The standard InChI is InChI=1S/C24H26N6O4S/c1-16-3-6-19(7-4-16)35(32,33)15-30-23(26-27-28-30)22(29-9-11-34-12-10-29)20-14-18-13-17(2)5-8-21(18)25-24(20)31/h3-8,13-14,22H,9-12,15H2,1-2H3,(H,25,31)/t22-/m0/s1. The number of nitrogens with one attached hydrogen (secondary N) is 1. The second-order valence-electron chi connectivity index (χ2n) is 8.79. The van der Waals surface area contributed by atoms with E-state index in [4.69, 9.17) is 4.74 Å². The molecule has 35 heavy (non-hydrogen) atoms. The van der Waals surface area contributed by atoms with Crippen LogP contribution < -0.4 is 5.56 Å². The number of tetrazole rings is 1. The lowest BCUT2D eigenvalue weighted by atomic mass is 10.0. The fourth-order valence-electron chi connectivity index (χ4n) is 4.36. The van der Waals surface area contributed by atoms with Crippen LogP contribution in [0.2, 0.25) is 0 Å². The molecule has 3 heterocycles. The van der Waals surface area contributed by atoms with Gasteiger partial charge in [0, 0.05) is 24.2 Å². The lowest BCUT2D eigenvalue weighted by molar-refractivity contribution is 0.0215. The zero-order chi connectivity index (χ0) is 24.6. The molecule has 5 rings (SSSR count). The highest BCUT2D eigenvalue weighted by atomic mass is 32.2. The third kappa shape index (κ3) is 4.75. The number of benzene rings is 2. The Bertz CT molecular complexity index is 1520. The Morgan fingerprint density at radius 1 is 1.03 bits per heavy atom. The highest BCUT2D eigenvalue weighted by molar-refractivity contribution is 7.90. The Hall–Kier alpha value is -3.41. The Kier molecular flexibility index (Phi) is 6.22. The maximum absolute atomic E-state index is 13.2. The first-order chi connectivity index (χ1) is 16.8. The zero-order valence-corrected chi connectivity index (χ0v) is 20.3. The van der Waals surface area contributed by atoms with Crippen LogP contribution >= 0.6 is 0 Å². The number of aromatic amines is 1. The Balaban J connectivity index is 1.60. The van der Waals surface area contributed by atoms with E-state index in [2.05, 4.69) is 25.4 Å². The average molecular weight is 495 g/mol. The average Bonchev–Trinajstić information content (AvgIpc) is 3.27. The molecule has 0 aliphatic carbocycles. The van der Waals surface area contributed by atoms with Gasteiger partial charge in [0.25, 0.3) is 5.56 Å². The topological polar surface area (TPSA) is 123 Å². The van der Waals surface area contributed by atoms with Crippen LogP contribution in [0.3, 0.4) is 0 Å². The number of morpholine rings is 1. The predicted octanol–water partition coefficient (Wildman–Crippen LogP) is 1.98. The van der Waals surface area contributed by atoms with E-state index in [9.17, 15) is 13.2 Å². The van der Waals surface area contributed by atoms with Crippen molar-refractivity contribution in [2.24, 2.45) is 0 Å². The quantitative estimate of drug-likeness (QED) is 0.432. The summed E-state index contributed by atoms with van der Waals surface area (Å²) in [6.45, 7) is 5.96. The van der Waals surface area contributed by atoms with E-state index in [-0.39, 0.29) is 10.5 Å². The highest BCUT2D eigenvalue weighted by Crippen LogP contribution is 2.28. The number of ether oxygens (including phenoxy) is 1. The minimum Gasteiger partial charge on any atom is -0.379 e. The number of nitrogens with zero attached hydrogens (tertiary/aromatic N) is 5. The molecule has 11 heteroatoms. The lowest BCUT2D eigenvalue weighted by Crippen LogP contribution is -2.42. The van der Waals surface area contributed by atoms with Gasteiger partial charge in [-0.1, -0.05) is 29.3 Å². The number of hydrogen-bond donors (Lipinski definition) is 1. The summed E-state index contributed by atoms with van der Waals surface area (Å²) in [4.78, 5) is 18.4. The van der Waals surface area contributed by atoms with Crippen molar-refractivity contribution in [3.63, 3.8) is 0 Å². The summed E-state index contributed by atoms with van der Waals surface area (Å²) >= 11 is 0. The summed E-state index contributed by atoms with van der Waals surface area (Å²) in [7, 11) is -3.73. The van der Waals surface area contributed by atoms with Gasteiger partial charge in [0.15, 0.2) is 21.5 Å². The van der Waals surface area contributed by atoms with Crippen LogP contribution in [0.25, 0.3) is 10.9 Å². The number of H-pyrrole nitrogens is 1. The van der Waals surface area contributed by atoms with Gasteiger partial charge in [-0.05, 0) is 60.0 Å². The van der Waals surface area contributed by atoms with Crippen LogP contribution in [0.1, 0.15) is 28.6 Å². The van der Waals surface area contributed by atoms with Crippen LogP contribution in [0.15, 0.2) is 58.2 Å². The van der Waals surface area contributed by atoms with Crippen LogP contribution in [0, 0.1) is 13.8 Å². The molecule has 1 N–H and O–H groups in total. The number of fused-ring (bicyclic) bond motifs is 1. The first kappa shape index (κ1) is 23.3. The number of sulfone groups is 1. The van der Waals surface area contributed by atoms with Gasteiger partial charge in [-0.15, -0.1) is 5.10 Å². The van der Waals surface area contributed by atoms with Gasteiger partial charge >= 0.3 is 0 Å². The fourth-order valence-corrected chi connectivity index (χ4v) is 5.57. The molecule has 0 radical (unpaired) electrons. The number of aryl methyl sites for hydroxylation is 2. The Morgan fingerprint density at radius 2 is 1.74 bits per heavy atom. The summed E-state index contributed by atoms with van der Waals surface area (Å²) in [6.07, 6.45) is 0. The summed E-state index contributed by atoms with van der Waals surface area (Å²) in [5.74, 6) is -0.149. The van der Waals surface area contributed by atoms with Gasteiger partial charge in [0.2, 0.25) is 0 Å². The molecule has 0 spiro atoms. The van der Waals surface area contributed by atoms with E-state index in [0.29, 0.717) is 37.7 Å². The molecule has 1 aliphatic rings. The maximum Gasteiger partial charge on any atom is 0.253 e. The molecule has 2 aromatic carbocycles. The van der Waals surface area contributed by atoms with Crippen molar-refractivity contribution in [2.45, 2.75) is 30.7 Å². The predicted molar refractivity (Wildman–Crippen MR) is 130 cm³/mol. The molecule has 1 saturated heterocycles. The van der Waals surface area contributed by atoms with Crippen molar-refractivity contribution >= 4 is 20.7 Å². The van der Waals surface area contributed by atoms with Crippen molar-refractivity contribution < 1.29 is 13.2 Å². The number of aromatic nitrogens is 5. The van der Waals surface area contributed by atoms with E-state index < -0.39 is 21.8 Å². The van der Waals surface area contributed by atoms with Gasteiger partial charge in [0.1, 0.15) is 6.04 Å². The summed E-state index contributed by atoms with van der Waals surface area (Å²) in [6, 6.07) is 13.7. The second-order valence-corrected chi connectivity index (χ2v) is 10.7. The number of pyridine rings is 1. The molecule has 2 aromatic heterocycles. The molecule has 1 fully saturated rings. The number of rotatable bonds is 6. The largest absolute Gasteiger partial charge is 0.379 e. The van der Waals surface area contributed by atoms with E-state index in [0.717, 1.165) is 22.0 Å². The van der Waals surface area contributed by atoms with Gasteiger partial charge < -0.3 is 9.72 Å². The molecule has 0 saturated carbocycles. The van der Waals surface area contributed by atoms with Crippen molar-refractivity contribution in [1.82, 2.24) is 30.1 Å². The molecule has 1 aliphatic heterocycles. The van der Waals surface area contributed by atoms with Gasteiger partial charge in [-0.3, -0.25) is 9.69 Å². The van der Waals surface area contributed by atoms with Crippen molar-refractivity contribution in [3.05, 3.63) is 81.4 Å². The fraction of sp³-hybridized carbons (Fsp3) is 0.333. The molecular formula is C24H26N6O4S. The lowest BCUT2D eigenvalue weighted by Gasteiger charge is -2.33. The van der Waals surface area contributed by atoms with Crippen molar-refractivity contribution in [1.29, 1.82) is 0 Å². The maximum atomic E-state index is 13.2. The van der Waals surface area contributed by atoms with Gasteiger partial charge in [0.05, 0.1) is 18.1 Å². The van der Waals surface area contributed by atoms with Crippen LogP contribution in [-0.2, 0) is 20.5 Å². The summed E-state index contributed by atoms with van der Waals surface area (Å²) in [5.41, 5.74) is 2.94. The van der Waals surface area contributed by atoms with Crippen molar-refractivity contribution in [3.8, 4) is 0 Å². The normalized spacial score (nSPS) is 15.9. The Morgan fingerprint density at radius 3 is 2.49 bits per heavy atom. The van der Waals surface area contributed by atoms with Crippen LogP contribution in [0.5, 0.6) is 0 Å². The summed E-state index contributed by atoms with van der Waals surface area (Å²) < 4.78 is 33.1. The molecule has 4 aromatic rings. The first-order valence-electron chi connectivity index (χ1n) is 11.3. The molecule has 0 bridgehead atoms. The van der Waals surface area contributed by atoms with E-state index in [1.54, 1.807) is 24.3 Å². The van der Waals surface area contributed by atoms with Crippen LogP contribution in [0.4, 0.5) is 0 Å². The van der Waals surface area contributed by atoms with E-state index in [1.807, 2.05) is 38.1 Å². The van der Waals surface area contributed by atoms with Gasteiger partial charge in [-0.25, -0.2) is 13.1 Å². The first-order valence-corrected chi connectivity index (χ1v) is 13.0. The third-order valence-electron chi connectivity index (χ3n) is 6.21. The third-order valence-corrected chi connectivity index (χ3v) is 7.79. The Labute approximate surface area is 202 Å². The second kappa shape index (κ2) is 9.33. The SMILES string of the molecule is Cc1ccc(S(=O)(=O)Cn2nnnc2[C@H](c2cc3cc(C)ccc3[nH]c2=O)N2CCOCC2)cc1. The van der Waals surface area contributed by atoms with Crippen LogP contribution in [-0.4, -0.2) is 64.8 Å². The smallest absolute Gasteiger partial charge is 0.253 e. The molecular weight excluding hydrogens is 468 g/mol. The van der Waals surface area contributed by atoms with Gasteiger partial charge in [-0.2, -0.15) is 0 Å². The van der Waals surface area contributed by atoms with E-state index in [1.165, 1.54) is 4.68 Å². The molecule has 0 unspecified atom stereocenters. The van der Waals surface area contributed by atoms with Crippen molar-refractivity contribution in [2.75, 3.05) is 26.3 Å². The summed E-state index contributed by atoms with van der Waals surface area (Å²) in [5, 5.41) is 12.9.